The van der Waals surface area contributed by atoms with Crippen LogP contribution in [-0.4, -0.2) is 58.9 Å². The fourth-order valence-electron chi connectivity index (χ4n) is 3.93. The minimum atomic E-state index is -4.41. The van der Waals surface area contributed by atoms with Crippen LogP contribution in [0.5, 0.6) is 5.88 Å². The first kappa shape index (κ1) is 20.6. The lowest BCUT2D eigenvalue weighted by Crippen LogP contribution is -2.37. The zero-order valence-electron chi connectivity index (χ0n) is 16.4. The van der Waals surface area contributed by atoms with E-state index in [1.165, 1.54) is 6.07 Å². The van der Waals surface area contributed by atoms with E-state index in [0.29, 0.717) is 6.54 Å². The van der Waals surface area contributed by atoms with Gasteiger partial charge < -0.3 is 19.6 Å². The molecule has 4 heterocycles. The molecular formula is C20H24F3N5O2. The van der Waals surface area contributed by atoms with Crippen molar-refractivity contribution in [1.29, 1.82) is 0 Å². The molecule has 2 saturated heterocycles. The summed E-state index contributed by atoms with van der Waals surface area (Å²) in [4.78, 5) is 16.8. The molecule has 4 rings (SSSR count). The van der Waals surface area contributed by atoms with Gasteiger partial charge in [0.1, 0.15) is 24.1 Å². The van der Waals surface area contributed by atoms with Gasteiger partial charge in [-0.1, -0.05) is 0 Å². The highest BCUT2D eigenvalue weighted by molar-refractivity contribution is 5.51. The summed E-state index contributed by atoms with van der Waals surface area (Å²) >= 11 is 0. The Morgan fingerprint density at radius 1 is 1.03 bits per heavy atom. The molecule has 7 nitrogen and oxygen atoms in total. The van der Waals surface area contributed by atoms with Crippen molar-refractivity contribution in [2.75, 3.05) is 42.6 Å². The number of aromatic nitrogens is 3. The van der Waals surface area contributed by atoms with E-state index in [0.717, 1.165) is 62.8 Å². The lowest BCUT2D eigenvalue weighted by molar-refractivity contribution is -0.137. The third-order valence-corrected chi connectivity index (χ3v) is 5.56. The molecule has 2 unspecified atom stereocenters. The molecule has 0 saturated carbocycles. The SMILES string of the molecule is OCC1CCCN(c2cc(N3CCC(Oc4ccc(C(F)(F)F)cn4)C3)ncn2)C1. The van der Waals surface area contributed by atoms with Crippen molar-refractivity contribution in [2.45, 2.75) is 31.5 Å². The third-order valence-electron chi connectivity index (χ3n) is 5.56. The van der Waals surface area contributed by atoms with Crippen molar-refractivity contribution in [3.63, 3.8) is 0 Å². The summed E-state index contributed by atoms with van der Waals surface area (Å²) in [5, 5.41) is 9.45. The van der Waals surface area contributed by atoms with Gasteiger partial charge in [-0.3, -0.25) is 0 Å². The number of pyridine rings is 1. The number of rotatable bonds is 5. The van der Waals surface area contributed by atoms with Crippen LogP contribution in [-0.2, 0) is 6.18 Å². The highest BCUT2D eigenvalue weighted by Gasteiger charge is 2.31. The van der Waals surface area contributed by atoms with E-state index >= 15 is 0 Å². The van der Waals surface area contributed by atoms with E-state index in [9.17, 15) is 18.3 Å². The van der Waals surface area contributed by atoms with Crippen molar-refractivity contribution >= 4 is 11.6 Å². The molecular weight excluding hydrogens is 399 g/mol. The molecule has 2 fully saturated rings. The fraction of sp³-hybridized carbons (Fsp3) is 0.550. The summed E-state index contributed by atoms with van der Waals surface area (Å²) in [6.45, 7) is 3.15. The zero-order valence-corrected chi connectivity index (χ0v) is 16.4. The van der Waals surface area contributed by atoms with Gasteiger partial charge in [0.15, 0.2) is 0 Å². The zero-order chi connectivity index (χ0) is 21.1. The minimum absolute atomic E-state index is 0.178. The minimum Gasteiger partial charge on any atom is -0.472 e. The molecule has 0 spiro atoms. The lowest BCUT2D eigenvalue weighted by Gasteiger charge is -2.33. The normalized spacial score (nSPS) is 22.4. The van der Waals surface area contributed by atoms with Crippen LogP contribution in [0.4, 0.5) is 24.8 Å². The predicted octanol–water partition coefficient (Wildman–Crippen LogP) is 2.76. The van der Waals surface area contributed by atoms with Crippen LogP contribution >= 0.6 is 0 Å². The van der Waals surface area contributed by atoms with E-state index in [1.807, 2.05) is 6.07 Å². The van der Waals surface area contributed by atoms with Gasteiger partial charge >= 0.3 is 6.18 Å². The molecule has 1 N–H and O–H groups in total. The van der Waals surface area contributed by atoms with Crippen molar-refractivity contribution < 1.29 is 23.0 Å². The van der Waals surface area contributed by atoms with Gasteiger partial charge in [0.25, 0.3) is 0 Å². The van der Waals surface area contributed by atoms with Gasteiger partial charge in [0, 0.05) is 51.0 Å². The van der Waals surface area contributed by atoms with E-state index < -0.39 is 11.7 Å². The lowest BCUT2D eigenvalue weighted by atomic mass is 9.99. The molecule has 2 aromatic heterocycles. The smallest absolute Gasteiger partial charge is 0.417 e. The van der Waals surface area contributed by atoms with Crippen molar-refractivity contribution in [1.82, 2.24) is 15.0 Å². The maximum atomic E-state index is 12.7. The monoisotopic (exact) mass is 423 g/mol. The Morgan fingerprint density at radius 2 is 1.80 bits per heavy atom. The number of hydrogen-bond donors (Lipinski definition) is 1. The molecule has 162 valence electrons. The van der Waals surface area contributed by atoms with Crippen LogP contribution < -0.4 is 14.5 Å². The highest BCUT2D eigenvalue weighted by atomic mass is 19.4. The summed E-state index contributed by atoms with van der Waals surface area (Å²) in [7, 11) is 0. The first-order valence-electron chi connectivity index (χ1n) is 10.0. The van der Waals surface area contributed by atoms with Gasteiger partial charge in [-0.05, 0) is 24.8 Å². The molecule has 10 heteroatoms. The maximum Gasteiger partial charge on any atom is 0.417 e. The van der Waals surface area contributed by atoms with Crippen molar-refractivity contribution in [3.8, 4) is 5.88 Å². The number of aliphatic hydroxyl groups excluding tert-OH is 1. The number of anilines is 2. The summed E-state index contributed by atoms with van der Waals surface area (Å²) in [6.07, 6.45) is 0.500. The standard InChI is InChI=1S/C20H24F3N5O2/c21-20(22,23)15-3-4-19(24-9-15)30-16-5-7-28(11-16)18-8-17(25-13-26-18)27-6-1-2-14(10-27)12-29/h3-4,8-9,13-14,16,29H,1-2,5-7,10-12H2. The van der Waals surface area contributed by atoms with Gasteiger partial charge in [0.05, 0.1) is 12.1 Å². The fourth-order valence-corrected chi connectivity index (χ4v) is 3.93. The summed E-state index contributed by atoms with van der Waals surface area (Å²) in [6, 6.07) is 4.17. The Labute approximate surface area is 172 Å². The van der Waals surface area contributed by atoms with Crippen molar-refractivity contribution in [2.24, 2.45) is 5.92 Å². The average Bonchev–Trinajstić information content (AvgIpc) is 3.22. The van der Waals surface area contributed by atoms with E-state index in [4.69, 9.17) is 4.74 Å². The quantitative estimate of drug-likeness (QED) is 0.793. The molecule has 0 aliphatic carbocycles. The largest absolute Gasteiger partial charge is 0.472 e. The number of nitrogens with zero attached hydrogens (tertiary/aromatic N) is 5. The van der Waals surface area contributed by atoms with Crippen molar-refractivity contribution in [3.05, 3.63) is 36.3 Å². The Morgan fingerprint density at radius 3 is 2.47 bits per heavy atom. The summed E-state index contributed by atoms with van der Waals surface area (Å²) < 4.78 is 43.7. The molecule has 0 aromatic carbocycles. The molecule has 30 heavy (non-hydrogen) atoms. The molecule has 2 aliphatic rings. The summed E-state index contributed by atoms with van der Waals surface area (Å²) in [5.74, 6) is 2.07. The second-order valence-electron chi connectivity index (χ2n) is 7.73. The molecule has 2 aliphatic heterocycles. The van der Waals surface area contributed by atoms with Crippen LogP contribution in [0.25, 0.3) is 0 Å². The molecule has 2 aromatic rings. The molecule has 2 atom stereocenters. The van der Waals surface area contributed by atoms with E-state index in [2.05, 4.69) is 24.8 Å². The molecule has 0 amide bonds. The maximum absolute atomic E-state index is 12.7. The van der Waals surface area contributed by atoms with E-state index in [-0.39, 0.29) is 24.5 Å². The predicted molar refractivity (Wildman–Crippen MR) is 105 cm³/mol. The van der Waals surface area contributed by atoms with Crippen LogP contribution in [0.2, 0.25) is 0 Å². The number of alkyl halides is 3. The van der Waals surface area contributed by atoms with Gasteiger partial charge in [-0.15, -0.1) is 0 Å². The van der Waals surface area contributed by atoms with Gasteiger partial charge in [-0.25, -0.2) is 15.0 Å². The molecule has 0 radical (unpaired) electrons. The topological polar surface area (TPSA) is 74.6 Å². The Bertz CT molecular complexity index is 849. The van der Waals surface area contributed by atoms with Crippen LogP contribution in [0.1, 0.15) is 24.8 Å². The van der Waals surface area contributed by atoms with E-state index in [1.54, 1.807) is 6.33 Å². The first-order valence-corrected chi connectivity index (χ1v) is 10.0. The first-order chi connectivity index (χ1) is 14.4. The van der Waals surface area contributed by atoms with Crippen LogP contribution in [0.15, 0.2) is 30.7 Å². The third kappa shape index (κ3) is 4.75. The number of ether oxygens (including phenoxy) is 1. The van der Waals surface area contributed by atoms with Crippen LogP contribution in [0.3, 0.4) is 0 Å². The Balaban J connectivity index is 1.37. The Kier molecular flexibility index (Phi) is 5.94. The average molecular weight is 423 g/mol. The number of halogens is 3. The van der Waals surface area contributed by atoms with Crippen LogP contribution in [0, 0.1) is 5.92 Å². The van der Waals surface area contributed by atoms with Gasteiger partial charge in [-0.2, -0.15) is 13.2 Å². The number of piperidine rings is 1. The second-order valence-corrected chi connectivity index (χ2v) is 7.73. The van der Waals surface area contributed by atoms with Gasteiger partial charge in [0.2, 0.25) is 5.88 Å². The summed E-state index contributed by atoms with van der Waals surface area (Å²) in [5.41, 5.74) is -0.794. The number of aliphatic hydroxyl groups is 1. The highest BCUT2D eigenvalue weighted by Crippen LogP contribution is 2.30. The second kappa shape index (κ2) is 8.63. The Hall–Kier alpha value is -2.62. The molecule has 0 bridgehead atoms. The number of hydrogen-bond acceptors (Lipinski definition) is 7.